The number of ether oxygens (including phenoxy) is 3. The summed E-state index contributed by atoms with van der Waals surface area (Å²) >= 11 is 2.14. The van der Waals surface area contributed by atoms with Gasteiger partial charge in [-0.15, -0.1) is 21.5 Å². The zero-order valence-electron chi connectivity index (χ0n) is 18.6. The minimum absolute atomic E-state index is 0.00299. The molecule has 0 atom stereocenters. The van der Waals surface area contributed by atoms with Crippen LogP contribution in [-0.4, -0.2) is 59.7 Å². The highest BCUT2D eigenvalue weighted by Crippen LogP contribution is 2.35. The van der Waals surface area contributed by atoms with Crippen LogP contribution in [0.5, 0.6) is 5.75 Å². The predicted octanol–water partition coefficient (Wildman–Crippen LogP) is 3.16. The Hall–Kier alpha value is -3.38. The summed E-state index contributed by atoms with van der Waals surface area (Å²) < 4.78 is 16.7. The lowest BCUT2D eigenvalue weighted by Crippen LogP contribution is -2.16. The number of esters is 2. The molecule has 0 aliphatic carbocycles. The molecule has 174 valence electrons. The van der Waals surface area contributed by atoms with E-state index in [9.17, 15) is 14.4 Å². The van der Waals surface area contributed by atoms with Crippen LogP contribution < -0.4 is 10.1 Å². The van der Waals surface area contributed by atoms with Crippen LogP contribution in [-0.2, 0) is 21.3 Å². The number of benzene rings is 1. The van der Waals surface area contributed by atoms with Gasteiger partial charge in [0.15, 0.2) is 11.0 Å². The molecule has 0 spiro atoms. The number of hydrogen-bond acceptors (Lipinski definition) is 10. The van der Waals surface area contributed by atoms with Crippen molar-refractivity contribution in [2.24, 2.45) is 7.05 Å². The number of carbonyl (C=O) groups excluding carboxylic acids is 3. The van der Waals surface area contributed by atoms with Gasteiger partial charge in [-0.3, -0.25) is 4.79 Å². The van der Waals surface area contributed by atoms with Gasteiger partial charge in [0.2, 0.25) is 5.91 Å². The first-order valence-electron chi connectivity index (χ1n) is 9.57. The van der Waals surface area contributed by atoms with E-state index in [-0.39, 0.29) is 27.1 Å². The van der Waals surface area contributed by atoms with Crippen LogP contribution in [0, 0.1) is 6.92 Å². The first-order valence-corrected chi connectivity index (χ1v) is 11.4. The van der Waals surface area contributed by atoms with E-state index in [0.717, 1.165) is 16.9 Å². The summed E-state index contributed by atoms with van der Waals surface area (Å²) in [5, 5.41) is 11.8. The zero-order chi connectivity index (χ0) is 24.1. The van der Waals surface area contributed by atoms with Gasteiger partial charge in [-0.25, -0.2) is 9.59 Å². The van der Waals surface area contributed by atoms with Gasteiger partial charge in [0.05, 0.1) is 38.2 Å². The Morgan fingerprint density at radius 3 is 2.45 bits per heavy atom. The van der Waals surface area contributed by atoms with Crippen LogP contribution in [0.3, 0.4) is 0 Å². The van der Waals surface area contributed by atoms with Gasteiger partial charge in [-0.1, -0.05) is 23.9 Å². The van der Waals surface area contributed by atoms with Crippen LogP contribution in [0.4, 0.5) is 5.00 Å². The first-order chi connectivity index (χ1) is 15.8. The second kappa shape index (κ2) is 10.5. The third-order valence-corrected chi connectivity index (χ3v) is 6.88. The normalized spacial score (nSPS) is 10.6. The van der Waals surface area contributed by atoms with E-state index >= 15 is 0 Å². The van der Waals surface area contributed by atoms with E-state index in [0.29, 0.717) is 22.3 Å². The summed E-state index contributed by atoms with van der Waals surface area (Å²) in [5.41, 5.74) is 1.29. The number of anilines is 1. The average Bonchev–Trinajstić information content (AvgIpc) is 3.35. The van der Waals surface area contributed by atoms with Gasteiger partial charge < -0.3 is 24.1 Å². The number of thiophene rings is 1. The molecule has 10 nitrogen and oxygen atoms in total. The van der Waals surface area contributed by atoms with Gasteiger partial charge in [-0.2, -0.15) is 0 Å². The molecule has 0 fully saturated rings. The topological polar surface area (TPSA) is 122 Å². The molecule has 0 radical (unpaired) electrons. The largest absolute Gasteiger partial charge is 0.496 e. The monoisotopic (exact) mass is 490 g/mol. The molecule has 2 heterocycles. The number of hydrogen-bond donors (Lipinski definition) is 1. The smallest absolute Gasteiger partial charge is 0.348 e. The maximum absolute atomic E-state index is 12.6. The third-order valence-electron chi connectivity index (χ3n) is 4.68. The number of aromatic nitrogens is 3. The Balaban J connectivity index is 1.76. The van der Waals surface area contributed by atoms with Gasteiger partial charge in [-0.05, 0) is 24.6 Å². The van der Waals surface area contributed by atoms with Gasteiger partial charge in [0.25, 0.3) is 0 Å². The number of nitrogens with zero attached hydrogens (tertiary/aromatic N) is 3. The van der Waals surface area contributed by atoms with Crippen LogP contribution >= 0.6 is 23.1 Å². The van der Waals surface area contributed by atoms with Gasteiger partial charge in [0.1, 0.15) is 15.6 Å². The number of thioether (sulfide) groups is 1. The SMILES string of the molecule is COC(=O)c1sc(NC(=O)CSc2nnc(-c3ccccc3OC)n2C)c(C(=O)OC)c1C. The Morgan fingerprint density at radius 2 is 1.79 bits per heavy atom. The molecule has 12 heteroatoms. The van der Waals surface area contributed by atoms with Crippen LogP contribution in [0.15, 0.2) is 29.4 Å². The lowest BCUT2D eigenvalue weighted by atomic mass is 10.1. The fraction of sp³-hybridized carbons (Fsp3) is 0.286. The quantitative estimate of drug-likeness (QED) is 0.375. The second-order valence-corrected chi connectivity index (χ2v) is 8.61. The summed E-state index contributed by atoms with van der Waals surface area (Å²) in [4.78, 5) is 37.1. The fourth-order valence-electron chi connectivity index (χ4n) is 3.03. The highest BCUT2D eigenvalue weighted by atomic mass is 32.2. The predicted molar refractivity (Wildman–Crippen MR) is 124 cm³/mol. The number of rotatable bonds is 8. The molecule has 2 aromatic heterocycles. The van der Waals surface area contributed by atoms with E-state index in [1.807, 2.05) is 24.3 Å². The van der Waals surface area contributed by atoms with Crippen molar-refractivity contribution >= 4 is 45.9 Å². The fourth-order valence-corrected chi connectivity index (χ4v) is 4.87. The zero-order valence-corrected chi connectivity index (χ0v) is 20.3. The minimum Gasteiger partial charge on any atom is -0.496 e. The molecule has 0 bridgehead atoms. The van der Waals surface area contributed by atoms with E-state index < -0.39 is 11.9 Å². The van der Waals surface area contributed by atoms with Crippen molar-refractivity contribution in [3.63, 3.8) is 0 Å². The summed E-state index contributed by atoms with van der Waals surface area (Å²) in [6, 6.07) is 7.43. The molecule has 0 aliphatic rings. The Bertz CT molecular complexity index is 1200. The number of nitrogens with one attached hydrogen (secondary N) is 1. The summed E-state index contributed by atoms with van der Waals surface area (Å²) in [5.74, 6) is -0.378. The van der Waals surface area contributed by atoms with Gasteiger partial charge in [0, 0.05) is 7.05 Å². The molecule has 0 unspecified atom stereocenters. The van der Waals surface area contributed by atoms with Crippen molar-refractivity contribution in [3.8, 4) is 17.1 Å². The molecular formula is C21H22N4O6S2. The second-order valence-electron chi connectivity index (χ2n) is 6.65. The summed E-state index contributed by atoms with van der Waals surface area (Å²) in [6.45, 7) is 1.60. The third kappa shape index (κ3) is 5.01. The maximum Gasteiger partial charge on any atom is 0.348 e. The molecule has 1 N–H and O–H groups in total. The van der Waals surface area contributed by atoms with E-state index in [4.69, 9.17) is 14.2 Å². The molecule has 0 aliphatic heterocycles. The molecule has 1 aromatic carbocycles. The van der Waals surface area contributed by atoms with Crippen molar-refractivity contribution in [2.75, 3.05) is 32.4 Å². The summed E-state index contributed by atoms with van der Waals surface area (Å²) in [6.07, 6.45) is 0. The summed E-state index contributed by atoms with van der Waals surface area (Å²) in [7, 11) is 5.85. The molecule has 3 rings (SSSR count). The first kappa shape index (κ1) is 24.3. The molecule has 0 saturated carbocycles. The standard InChI is InChI=1S/C21H22N4O6S2/c1-11-15(19(27)30-4)18(33-16(11)20(28)31-5)22-14(26)10-32-21-24-23-17(25(21)2)12-8-6-7-9-13(12)29-3/h6-9H,10H2,1-5H3,(H,22,26). The lowest BCUT2D eigenvalue weighted by Gasteiger charge is -2.08. The van der Waals surface area contributed by atoms with Crippen LogP contribution in [0.1, 0.15) is 25.6 Å². The highest BCUT2D eigenvalue weighted by molar-refractivity contribution is 7.99. The van der Waals surface area contributed by atoms with E-state index in [1.165, 1.54) is 26.0 Å². The number of para-hydroxylation sites is 1. The van der Waals surface area contributed by atoms with Crippen molar-refractivity contribution in [1.82, 2.24) is 14.8 Å². The van der Waals surface area contributed by atoms with Crippen molar-refractivity contribution in [3.05, 3.63) is 40.3 Å². The van der Waals surface area contributed by atoms with E-state index in [1.54, 1.807) is 25.6 Å². The minimum atomic E-state index is -0.656. The van der Waals surface area contributed by atoms with Crippen molar-refractivity contribution < 1.29 is 28.6 Å². The maximum atomic E-state index is 12.6. The molecule has 33 heavy (non-hydrogen) atoms. The van der Waals surface area contributed by atoms with Crippen molar-refractivity contribution in [2.45, 2.75) is 12.1 Å². The van der Waals surface area contributed by atoms with Crippen molar-refractivity contribution in [1.29, 1.82) is 0 Å². The molecular weight excluding hydrogens is 468 g/mol. The van der Waals surface area contributed by atoms with Crippen LogP contribution in [0.25, 0.3) is 11.4 Å². The average molecular weight is 491 g/mol. The lowest BCUT2D eigenvalue weighted by molar-refractivity contribution is -0.113. The van der Waals surface area contributed by atoms with Crippen LogP contribution in [0.2, 0.25) is 0 Å². The van der Waals surface area contributed by atoms with E-state index in [2.05, 4.69) is 15.5 Å². The molecule has 3 aromatic rings. The molecule has 0 saturated heterocycles. The number of methoxy groups -OCH3 is 3. The highest BCUT2D eigenvalue weighted by Gasteiger charge is 2.27. The van der Waals surface area contributed by atoms with Gasteiger partial charge >= 0.3 is 11.9 Å². The Kier molecular flexibility index (Phi) is 7.71. The Labute approximate surface area is 198 Å². The Morgan fingerprint density at radius 1 is 1.09 bits per heavy atom. The molecule has 1 amide bonds. The number of amides is 1. The number of carbonyl (C=O) groups is 3.